The van der Waals surface area contributed by atoms with Crippen molar-refractivity contribution in [2.45, 2.75) is 16.6 Å². The molecular weight excluding hydrogens is 360 g/mol. The highest BCUT2D eigenvalue weighted by Gasteiger charge is 2.21. The van der Waals surface area contributed by atoms with E-state index in [1.807, 2.05) is 42.5 Å². The lowest BCUT2D eigenvalue weighted by Crippen LogP contribution is -2.06. The number of para-hydroxylation sites is 1. The smallest absolute Gasteiger partial charge is 0.269 e. The third kappa shape index (κ3) is 4.74. The van der Waals surface area contributed by atoms with Crippen molar-refractivity contribution in [2.24, 2.45) is 0 Å². The number of benzene rings is 3. The van der Waals surface area contributed by atoms with Gasteiger partial charge in [0, 0.05) is 39.9 Å². The Morgan fingerprint density at radius 1 is 1.00 bits per heavy atom. The van der Waals surface area contributed by atoms with Gasteiger partial charge in [0.1, 0.15) is 0 Å². The molecule has 3 rings (SSSR count). The molecule has 0 bridgehead atoms. The summed E-state index contributed by atoms with van der Waals surface area (Å²) in [6, 6.07) is 22.9. The van der Waals surface area contributed by atoms with Gasteiger partial charge in [-0.2, -0.15) is 0 Å². The van der Waals surface area contributed by atoms with Crippen molar-refractivity contribution >= 4 is 28.9 Å². The summed E-state index contributed by atoms with van der Waals surface area (Å²) in [5.74, 6) is -0.0193. The van der Waals surface area contributed by atoms with Crippen molar-refractivity contribution in [1.82, 2.24) is 0 Å². The largest absolute Gasteiger partial charge is 0.398 e. The van der Waals surface area contributed by atoms with E-state index < -0.39 is 4.92 Å². The molecule has 0 heterocycles. The van der Waals surface area contributed by atoms with E-state index in [0.29, 0.717) is 11.3 Å². The third-order valence-electron chi connectivity index (χ3n) is 4.11. The second-order valence-electron chi connectivity index (χ2n) is 5.99. The molecule has 0 aliphatic rings. The molecule has 6 heteroatoms. The van der Waals surface area contributed by atoms with Crippen LogP contribution in [0.1, 0.15) is 27.6 Å². The first-order valence-electron chi connectivity index (χ1n) is 8.38. The number of hydrogen-bond acceptors (Lipinski definition) is 5. The number of nitro groups is 1. The number of Topliss-reactive ketones (excluding diaryl/α,β-unsaturated/α-hetero) is 1. The topological polar surface area (TPSA) is 86.2 Å². The predicted molar refractivity (Wildman–Crippen MR) is 108 cm³/mol. The summed E-state index contributed by atoms with van der Waals surface area (Å²) in [7, 11) is 0. The number of nitrogens with zero attached hydrogens (tertiary/aromatic N) is 1. The monoisotopic (exact) mass is 378 g/mol. The highest BCUT2D eigenvalue weighted by molar-refractivity contribution is 7.99. The van der Waals surface area contributed by atoms with Crippen LogP contribution in [-0.2, 0) is 0 Å². The number of rotatable bonds is 7. The van der Waals surface area contributed by atoms with Crippen LogP contribution in [0.5, 0.6) is 0 Å². The summed E-state index contributed by atoms with van der Waals surface area (Å²) in [4.78, 5) is 24.3. The molecule has 0 unspecified atom stereocenters. The van der Waals surface area contributed by atoms with Crippen LogP contribution in [-0.4, -0.2) is 10.7 Å². The standard InChI is InChI=1S/C21H18N2O3S/c22-18-11-4-5-12-20(18)27-21(14-19(24)15-7-2-1-3-8-15)16-9-6-10-17(13-16)23(25)26/h1-13,21H,14,22H2/t21-/m0/s1. The molecule has 0 fully saturated rings. The number of nitro benzene ring substituents is 1. The minimum atomic E-state index is -0.429. The second-order valence-corrected chi connectivity index (χ2v) is 7.23. The van der Waals surface area contributed by atoms with Crippen LogP contribution in [0.25, 0.3) is 0 Å². The fraction of sp³-hybridized carbons (Fsp3) is 0.0952. The van der Waals surface area contributed by atoms with Crippen molar-refractivity contribution in [3.05, 3.63) is 100 Å². The molecule has 3 aromatic carbocycles. The van der Waals surface area contributed by atoms with Crippen molar-refractivity contribution < 1.29 is 9.72 Å². The number of nitrogen functional groups attached to an aromatic ring is 1. The molecule has 0 aliphatic carbocycles. The molecule has 0 saturated heterocycles. The van der Waals surface area contributed by atoms with E-state index in [2.05, 4.69) is 0 Å². The zero-order chi connectivity index (χ0) is 19.2. The van der Waals surface area contributed by atoms with Crippen LogP contribution in [0, 0.1) is 10.1 Å². The first-order chi connectivity index (χ1) is 13.0. The van der Waals surface area contributed by atoms with E-state index in [-0.39, 0.29) is 23.1 Å². The average molecular weight is 378 g/mol. The van der Waals surface area contributed by atoms with Crippen LogP contribution >= 0.6 is 11.8 Å². The minimum absolute atomic E-state index is 0.00583. The molecule has 0 aliphatic heterocycles. The number of ketones is 1. The van der Waals surface area contributed by atoms with E-state index in [1.165, 1.54) is 23.9 Å². The van der Waals surface area contributed by atoms with Crippen LogP contribution in [0.2, 0.25) is 0 Å². The lowest BCUT2D eigenvalue weighted by atomic mass is 10.0. The van der Waals surface area contributed by atoms with Crippen molar-refractivity contribution in [1.29, 1.82) is 0 Å². The van der Waals surface area contributed by atoms with Crippen LogP contribution < -0.4 is 5.73 Å². The van der Waals surface area contributed by atoms with E-state index >= 15 is 0 Å². The van der Waals surface area contributed by atoms with Gasteiger partial charge in [0.2, 0.25) is 0 Å². The summed E-state index contributed by atoms with van der Waals surface area (Å²) in [6.45, 7) is 0. The number of nitrogens with two attached hydrogens (primary N) is 1. The molecule has 0 spiro atoms. The number of non-ortho nitro benzene ring substituents is 1. The van der Waals surface area contributed by atoms with Crippen LogP contribution in [0.15, 0.2) is 83.8 Å². The summed E-state index contributed by atoms with van der Waals surface area (Å²) in [6.07, 6.45) is 0.212. The highest BCUT2D eigenvalue weighted by Crippen LogP contribution is 2.41. The van der Waals surface area contributed by atoms with Gasteiger partial charge in [-0.15, -0.1) is 11.8 Å². The van der Waals surface area contributed by atoms with Gasteiger partial charge in [0.25, 0.3) is 5.69 Å². The molecule has 136 valence electrons. The molecule has 1 atom stereocenters. The van der Waals surface area contributed by atoms with E-state index in [1.54, 1.807) is 24.3 Å². The molecule has 3 aromatic rings. The predicted octanol–water partition coefficient (Wildman–Crippen LogP) is 5.28. The normalized spacial score (nSPS) is 11.7. The van der Waals surface area contributed by atoms with Crippen LogP contribution in [0.3, 0.4) is 0 Å². The summed E-state index contributed by atoms with van der Waals surface area (Å²) < 4.78 is 0. The molecule has 0 amide bonds. The SMILES string of the molecule is Nc1ccccc1S[C@@H](CC(=O)c1ccccc1)c1cccc([N+](=O)[O-])c1. The Morgan fingerprint density at radius 3 is 2.41 bits per heavy atom. The first-order valence-corrected chi connectivity index (χ1v) is 9.26. The Morgan fingerprint density at radius 2 is 1.70 bits per heavy atom. The molecule has 0 aromatic heterocycles. The molecule has 2 N–H and O–H groups in total. The van der Waals surface area contributed by atoms with Crippen molar-refractivity contribution in [3.8, 4) is 0 Å². The average Bonchev–Trinajstić information content (AvgIpc) is 2.69. The number of thioether (sulfide) groups is 1. The Hall–Kier alpha value is -3.12. The zero-order valence-electron chi connectivity index (χ0n) is 14.4. The van der Waals surface area contributed by atoms with Crippen molar-refractivity contribution in [3.63, 3.8) is 0 Å². The van der Waals surface area contributed by atoms with Gasteiger partial charge in [-0.1, -0.05) is 54.6 Å². The Kier molecular flexibility index (Phi) is 5.88. The second kappa shape index (κ2) is 8.51. The molecular formula is C21H18N2O3S. The number of carbonyl (C=O) groups is 1. The van der Waals surface area contributed by atoms with Gasteiger partial charge in [0.15, 0.2) is 5.78 Å². The van der Waals surface area contributed by atoms with Crippen LogP contribution in [0.4, 0.5) is 11.4 Å². The highest BCUT2D eigenvalue weighted by atomic mass is 32.2. The fourth-order valence-corrected chi connectivity index (χ4v) is 3.90. The summed E-state index contributed by atoms with van der Waals surface area (Å²) in [5.41, 5.74) is 8.02. The van der Waals surface area contributed by atoms with Gasteiger partial charge in [-0.05, 0) is 17.7 Å². The lowest BCUT2D eigenvalue weighted by Gasteiger charge is -2.17. The lowest BCUT2D eigenvalue weighted by molar-refractivity contribution is -0.384. The van der Waals surface area contributed by atoms with E-state index in [4.69, 9.17) is 5.73 Å². The van der Waals surface area contributed by atoms with Gasteiger partial charge in [-0.25, -0.2) is 0 Å². The maximum atomic E-state index is 12.7. The Balaban J connectivity index is 1.93. The molecule has 0 saturated carbocycles. The van der Waals surface area contributed by atoms with Gasteiger partial charge in [0.05, 0.1) is 4.92 Å². The van der Waals surface area contributed by atoms with E-state index in [9.17, 15) is 14.9 Å². The number of hydrogen-bond donors (Lipinski definition) is 1. The minimum Gasteiger partial charge on any atom is -0.398 e. The summed E-state index contributed by atoms with van der Waals surface area (Å²) >= 11 is 1.44. The molecule has 5 nitrogen and oxygen atoms in total. The van der Waals surface area contributed by atoms with Gasteiger partial charge in [-0.3, -0.25) is 14.9 Å². The number of carbonyl (C=O) groups excluding carboxylic acids is 1. The maximum Gasteiger partial charge on any atom is 0.269 e. The Labute approximate surface area is 161 Å². The quantitative estimate of drug-likeness (QED) is 0.199. The number of anilines is 1. The Bertz CT molecular complexity index is 960. The fourth-order valence-electron chi connectivity index (χ4n) is 2.72. The first kappa shape index (κ1) is 18.7. The molecule has 27 heavy (non-hydrogen) atoms. The van der Waals surface area contributed by atoms with E-state index in [0.717, 1.165) is 10.5 Å². The summed E-state index contributed by atoms with van der Waals surface area (Å²) in [5, 5.41) is 10.9. The van der Waals surface area contributed by atoms with Gasteiger partial charge < -0.3 is 5.73 Å². The third-order valence-corrected chi connectivity index (χ3v) is 5.46. The maximum absolute atomic E-state index is 12.7. The molecule has 0 radical (unpaired) electrons. The zero-order valence-corrected chi connectivity index (χ0v) is 15.3. The van der Waals surface area contributed by atoms with Gasteiger partial charge >= 0.3 is 0 Å². The van der Waals surface area contributed by atoms with Crippen molar-refractivity contribution in [2.75, 3.05) is 5.73 Å².